The van der Waals surface area contributed by atoms with Crippen molar-refractivity contribution in [3.05, 3.63) is 53.7 Å². The summed E-state index contributed by atoms with van der Waals surface area (Å²) in [6, 6.07) is 12.4. The van der Waals surface area contributed by atoms with Crippen LogP contribution in [-0.2, 0) is 0 Å². The van der Waals surface area contributed by atoms with Gasteiger partial charge in [0.1, 0.15) is 0 Å². The number of hydrogen-bond acceptors (Lipinski definition) is 2. The summed E-state index contributed by atoms with van der Waals surface area (Å²) in [6.45, 7) is 1.95. The Morgan fingerprint density at radius 3 is 2.95 bits per heavy atom. The van der Waals surface area contributed by atoms with Gasteiger partial charge in [0.25, 0.3) is 5.91 Å². The zero-order valence-corrected chi connectivity index (χ0v) is 10.4. The van der Waals surface area contributed by atoms with Crippen LogP contribution in [0.5, 0.6) is 0 Å². The molecule has 4 nitrogen and oxygen atoms in total. The van der Waals surface area contributed by atoms with Crippen molar-refractivity contribution in [1.82, 2.24) is 9.97 Å². The van der Waals surface area contributed by atoms with Crippen LogP contribution in [0.15, 0.2) is 36.5 Å². The molecule has 0 spiro atoms. The number of H-pyrrole nitrogens is 1. The van der Waals surface area contributed by atoms with E-state index in [9.17, 15) is 4.79 Å². The molecular weight excluding hydrogens is 238 g/mol. The van der Waals surface area contributed by atoms with E-state index in [4.69, 9.17) is 5.73 Å². The number of amides is 1. The van der Waals surface area contributed by atoms with Gasteiger partial charge >= 0.3 is 0 Å². The fraction of sp³-hybridized carbons (Fsp3) is 0.0667. The Balaban J connectivity index is 2.36. The molecule has 0 fully saturated rings. The van der Waals surface area contributed by atoms with Gasteiger partial charge in [0.2, 0.25) is 0 Å². The van der Waals surface area contributed by atoms with E-state index in [0.29, 0.717) is 17.0 Å². The summed E-state index contributed by atoms with van der Waals surface area (Å²) in [5.74, 6) is -0.467. The van der Waals surface area contributed by atoms with Gasteiger partial charge in [-0.2, -0.15) is 0 Å². The minimum absolute atomic E-state index is 0.466. The number of benzene rings is 1. The number of hydrogen-bond donors (Lipinski definition) is 2. The van der Waals surface area contributed by atoms with Crippen molar-refractivity contribution in [2.75, 3.05) is 0 Å². The number of nitrogens with zero attached hydrogens (tertiary/aromatic N) is 1. The SMILES string of the molecule is Cc1c[c]c2[nH]c(-c3ccccn3)c(C(N)=O)c2c1. The Hall–Kier alpha value is -2.62. The summed E-state index contributed by atoms with van der Waals surface area (Å²) in [4.78, 5) is 19.2. The fourth-order valence-electron chi connectivity index (χ4n) is 2.19. The minimum Gasteiger partial charge on any atom is -0.366 e. The first kappa shape index (κ1) is 11.5. The molecule has 1 amide bonds. The van der Waals surface area contributed by atoms with Gasteiger partial charge in [0.05, 0.1) is 22.5 Å². The van der Waals surface area contributed by atoms with E-state index in [1.165, 1.54) is 0 Å². The first-order chi connectivity index (χ1) is 9.16. The van der Waals surface area contributed by atoms with E-state index in [1.54, 1.807) is 6.20 Å². The van der Waals surface area contributed by atoms with Crippen LogP contribution in [0, 0.1) is 13.0 Å². The number of nitrogens with one attached hydrogen (secondary N) is 1. The number of rotatable bonds is 2. The minimum atomic E-state index is -0.467. The molecule has 3 N–H and O–H groups in total. The van der Waals surface area contributed by atoms with Gasteiger partial charge in [0, 0.05) is 17.6 Å². The Labute approximate surface area is 110 Å². The lowest BCUT2D eigenvalue weighted by Crippen LogP contribution is -2.11. The van der Waals surface area contributed by atoms with Crippen LogP contribution in [0.1, 0.15) is 15.9 Å². The van der Waals surface area contributed by atoms with Crippen LogP contribution in [0.2, 0.25) is 0 Å². The molecule has 3 rings (SSSR count). The van der Waals surface area contributed by atoms with E-state index < -0.39 is 5.91 Å². The lowest BCUT2D eigenvalue weighted by molar-refractivity contribution is 0.100. The van der Waals surface area contributed by atoms with Crippen LogP contribution in [0.3, 0.4) is 0 Å². The molecule has 2 aromatic heterocycles. The third-order valence-corrected chi connectivity index (χ3v) is 3.02. The smallest absolute Gasteiger partial charge is 0.251 e. The third-order valence-electron chi connectivity index (χ3n) is 3.02. The summed E-state index contributed by atoms with van der Waals surface area (Å²) in [5, 5.41) is 0.785. The predicted octanol–water partition coefficient (Wildman–Crippen LogP) is 2.44. The van der Waals surface area contributed by atoms with E-state index in [1.807, 2.05) is 37.3 Å². The molecule has 4 heteroatoms. The van der Waals surface area contributed by atoms with Gasteiger partial charge < -0.3 is 10.7 Å². The normalized spacial score (nSPS) is 10.8. The molecule has 93 valence electrons. The van der Waals surface area contributed by atoms with E-state index in [2.05, 4.69) is 16.0 Å². The van der Waals surface area contributed by atoms with Gasteiger partial charge in [-0.05, 0) is 36.8 Å². The van der Waals surface area contributed by atoms with E-state index in [-0.39, 0.29) is 0 Å². The van der Waals surface area contributed by atoms with Crippen LogP contribution < -0.4 is 5.73 Å². The number of aromatic amines is 1. The molecule has 0 aliphatic heterocycles. The number of fused-ring (bicyclic) bond motifs is 1. The van der Waals surface area contributed by atoms with Crippen molar-refractivity contribution in [3.63, 3.8) is 0 Å². The second-order valence-corrected chi connectivity index (χ2v) is 4.42. The molecule has 19 heavy (non-hydrogen) atoms. The maximum absolute atomic E-state index is 11.7. The molecule has 0 atom stereocenters. The highest BCUT2D eigenvalue weighted by Gasteiger charge is 2.18. The highest BCUT2D eigenvalue weighted by atomic mass is 16.1. The van der Waals surface area contributed by atoms with Crippen molar-refractivity contribution < 1.29 is 4.79 Å². The fourth-order valence-corrected chi connectivity index (χ4v) is 2.19. The zero-order chi connectivity index (χ0) is 13.4. The largest absolute Gasteiger partial charge is 0.366 e. The average Bonchev–Trinajstić information content (AvgIpc) is 2.78. The van der Waals surface area contributed by atoms with Crippen molar-refractivity contribution in [1.29, 1.82) is 0 Å². The van der Waals surface area contributed by atoms with E-state index >= 15 is 0 Å². The van der Waals surface area contributed by atoms with Crippen molar-refractivity contribution in [3.8, 4) is 11.4 Å². The van der Waals surface area contributed by atoms with Gasteiger partial charge in [-0.15, -0.1) is 0 Å². The molecule has 0 unspecified atom stereocenters. The van der Waals surface area contributed by atoms with Crippen LogP contribution in [0.4, 0.5) is 0 Å². The third kappa shape index (κ3) is 1.87. The molecular formula is C15H12N3O. The molecule has 0 saturated carbocycles. The van der Waals surface area contributed by atoms with Crippen LogP contribution in [-0.4, -0.2) is 15.9 Å². The highest BCUT2D eigenvalue weighted by Crippen LogP contribution is 2.29. The lowest BCUT2D eigenvalue weighted by Gasteiger charge is -2.00. The lowest BCUT2D eigenvalue weighted by atomic mass is 10.1. The Kier molecular flexibility index (Phi) is 2.56. The number of carbonyl (C=O) groups is 1. The Bertz CT molecular complexity index is 760. The summed E-state index contributed by atoms with van der Waals surface area (Å²) >= 11 is 0. The average molecular weight is 250 g/mol. The quantitative estimate of drug-likeness (QED) is 0.733. The maximum Gasteiger partial charge on any atom is 0.251 e. The first-order valence-corrected chi connectivity index (χ1v) is 5.92. The number of aromatic nitrogens is 2. The zero-order valence-electron chi connectivity index (χ0n) is 10.4. The second kappa shape index (κ2) is 4.24. The van der Waals surface area contributed by atoms with Crippen molar-refractivity contribution >= 4 is 16.8 Å². The van der Waals surface area contributed by atoms with Gasteiger partial charge in [-0.25, -0.2) is 0 Å². The number of pyridine rings is 1. The van der Waals surface area contributed by atoms with Gasteiger partial charge in [-0.1, -0.05) is 6.07 Å². The first-order valence-electron chi connectivity index (χ1n) is 5.92. The highest BCUT2D eigenvalue weighted by molar-refractivity contribution is 6.11. The summed E-state index contributed by atoms with van der Waals surface area (Å²) in [7, 11) is 0. The molecule has 3 aromatic rings. The molecule has 1 radical (unpaired) electrons. The van der Waals surface area contributed by atoms with Crippen LogP contribution in [0.25, 0.3) is 22.3 Å². The molecule has 0 bridgehead atoms. The Morgan fingerprint density at radius 1 is 1.42 bits per heavy atom. The number of primary amides is 1. The number of nitrogens with two attached hydrogens (primary N) is 1. The second-order valence-electron chi connectivity index (χ2n) is 4.42. The molecule has 0 saturated heterocycles. The van der Waals surface area contributed by atoms with E-state index in [0.717, 1.165) is 16.5 Å². The molecule has 1 aromatic carbocycles. The number of carbonyl (C=O) groups excluding carboxylic acids is 1. The standard InChI is InChI=1S/C15H12N3O/c1-9-5-6-11-10(8-9)13(15(16)19)14(18-11)12-4-2-3-7-17-12/h2-5,7-8,18H,1H3,(H2,16,19). The summed E-state index contributed by atoms with van der Waals surface area (Å²) in [6.07, 6.45) is 1.68. The number of aryl methyl sites for hydroxylation is 1. The summed E-state index contributed by atoms with van der Waals surface area (Å²) < 4.78 is 0. The maximum atomic E-state index is 11.7. The molecule has 0 aliphatic rings. The van der Waals surface area contributed by atoms with Gasteiger partial charge in [-0.3, -0.25) is 9.78 Å². The van der Waals surface area contributed by atoms with Crippen molar-refractivity contribution in [2.24, 2.45) is 5.73 Å². The molecule has 2 heterocycles. The monoisotopic (exact) mass is 250 g/mol. The predicted molar refractivity (Wildman–Crippen MR) is 73.6 cm³/mol. The Morgan fingerprint density at radius 2 is 2.26 bits per heavy atom. The van der Waals surface area contributed by atoms with Gasteiger partial charge in [0.15, 0.2) is 0 Å². The topological polar surface area (TPSA) is 71.8 Å². The van der Waals surface area contributed by atoms with Crippen LogP contribution >= 0.6 is 0 Å². The molecule has 0 aliphatic carbocycles. The summed E-state index contributed by atoms with van der Waals surface area (Å²) in [5.41, 5.74) is 9.11. The van der Waals surface area contributed by atoms with Crippen molar-refractivity contribution in [2.45, 2.75) is 6.92 Å².